The molecule has 1 aliphatic heterocycles. The third kappa shape index (κ3) is 5.13. The zero-order chi connectivity index (χ0) is 27.5. The molecule has 0 radical (unpaired) electrons. The summed E-state index contributed by atoms with van der Waals surface area (Å²) < 4.78 is 17.2. The lowest BCUT2D eigenvalue weighted by Crippen LogP contribution is -2.26. The van der Waals surface area contributed by atoms with Crippen molar-refractivity contribution in [1.29, 1.82) is 0 Å². The summed E-state index contributed by atoms with van der Waals surface area (Å²) in [5, 5.41) is 7.26. The van der Waals surface area contributed by atoms with Crippen LogP contribution in [-0.2, 0) is 11.4 Å². The molecule has 6 nitrogen and oxygen atoms in total. The predicted molar refractivity (Wildman–Crippen MR) is 157 cm³/mol. The highest BCUT2D eigenvalue weighted by molar-refractivity contribution is 6.01. The first-order chi connectivity index (χ1) is 19.6. The van der Waals surface area contributed by atoms with Crippen LogP contribution in [0.25, 0.3) is 0 Å². The molecule has 4 aromatic carbocycles. The molecule has 2 atom stereocenters. The molecule has 0 fully saturated rings. The molecular weight excluding hydrogens is 500 g/mol. The molecule has 1 heterocycles. The fraction of sp³-hybridized carbons (Fsp3) is 0.206. The van der Waals surface area contributed by atoms with Gasteiger partial charge in [-0.2, -0.15) is 0 Å². The van der Waals surface area contributed by atoms with Crippen LogP contribution in [0.2, 0.25) is 0 Å². The number of carbonyl (C=O) groups excluding carboxylic acids is 1. The van der Waals surface area contributed by atoms with Crippen LogP contribution in [0.4, 0.5) is 11.4 Å². The van der Waals surface area contributed by atoms with Gasteiger partial charge in [0.1, 0.15) is 12.4 Å². The number of carbonyl (C=O) groups is 1. The third-order valence-corrected chi connectivity index (χ3v) is 7.65. The molecule has 0 unspecified atom stereocenters. The summed E-state index contributed by atoms with van der Waals surface area (Å²) >= 11 is 0. The molecule has 40 heavy (non-hydrogen) atoms. The Kier molecular flexibility index (Phi) is 7.15. The molecule has 0 amide bonds. The molecule has 0 spiro atoms. The van der Waals surface area contributed by atoms with Gasteiger partial charge >= 0.3 is 0 Å². The lowest BCUT2D eigenvalue weighted by atomic mass is 9.78. The SMILES string of the molecule is COc1ccc([C@H]2CC(=O)C3=C(C2)Nc2ccccc2N[C@@H]3c2ccc(OCc3ccccc3)c(OC)c2)cc1. The van der Waals surface area contributed by atoms with E-state index in [-0.39, 0.29) is 17.7 Å². The molecule has 1 aliphatic carbocycles. The smallest absolute Gasteiger partial charge is 0.163 e. The minimum absolute atomic E-state index is 0.0823. The van der Waals surface area contributed by atoms with Crippen molar-refractivity contribution in [3.8, 4) is 17.2 Å². The van der Waals surface area contributed by atoms with Crippen molar-refractivity contribution >= 4 is 17.2 Å². The van der Waals surface area contributed by atoms with E-state index < -0.39 is 0 Å². The van der Waals surface area contributed by atoms with Crippen molar-refractivity contribution in [1.82, 2.24) is 0 Å². The van der Waals surface area contributed by atoms with Crippen LogP contribution in [0.1, 0.15) is 41.5 Å². The van der Waals surface area contributed by atoms with Gasteiger partial charge in [0.25, 0.3) is 0 Å². The van der Waals surface area contributed by atoms with Crippen molar-refractivity contribution in [2.75, 3.05) is 24.9 Å². The normalized spacial score (nSPS) is 18.0. The molecule has 6 rings (SSSR count). The predicted octanol–water partition coefficient (Wildman–Crippen LogP) is 7.26. The van der Waals surface area contributed by atoms with Crippen LogP contribution in [0.15, 0.2) is 108 Å². The maximum atomic E-state index is 13.9. The first-order valence-electron chi connectivity index (χ1n) is 13.5. The molecule has 0 saturated carbocycles. The number of fused-ring (bicyclic) bond motifs is 1. The van der Waals surface area contributed by atoms with E-state index in [9.17, 15) is 4.79 Å². The zero-order valence-electron chi connectivity index (χ0n) is 22.6. The molecule has 0 aromatic heterocycles. The molecule has 2 N–H and O–H groups in total. The van der Waals surface area contributed by atoms with E-state index in [1.165, 1.54) is 0 Å². The summed E-state index contributed by atoms with van der Waals surface area (Å²) in [5.74, 6) is 2.30. The highest BCUT2D eigenvalue weighted by Gasteiger charge is 2.36. The number of ether oxygens (including phenoxy) is 3. The fourth-order valence-electron chi connectivity index (χ4n) is 5.57. The van der Waals surface area contributed by atoms with Crippen molar-refractivity contribution in [2.24, 2.45) is 0 Å². The van der Waals surface area contributed by atoms with Gasteiger partial charge in [0.2, 0.25) is 0 Å². The van der Waals surface area contributed by atoms with Crippen LogP contribution >= 0.6 is 0 Å². The maximum absolute atomic E-state index is 13.9. The van der Waals surface area contributed by atoms with Gasteiger partial charge in [-0.1, -0.05) is 60.7 Å². The standard InChI is InChI=1S/C34H32N2O4/c1-38-26-15-12-23(13-16-26)25-18-29-33(30(37)19-25)34(36-28-11-7-6-10-27(28)35-29)24-14-17-31(32(20-24)39-2)40-21-22-8-4-3-5-9-22/h3-17,20,25,34-36H,18-19,21H2,1-2H3/t25-,34-/m1/s1. The average molecular weight is 533 g/mol. The highest BCUT2D eigenvalue weighted by atomic mass is 16.5. The molecule has 6 heteroatoms. The number of para-hydroxylation sites is 2. The fourth-order valence-corrected chi connectivity index (χ4v) is 5.57. The summed E-state index contributed by atoms with van der Waals surface area (Å²) in [5.41, 5.74) is 6.76. The van der Waals surface area contributed by atoms with E-state index in [4.69, 9.17) is 14.2 Å². The van der Waals surface area contributed by atoms with Gasteiger partial charge < -0.3 is 24.8 Å². The third-order valence-electron chi connectivity index (χ3n) is 7.65. The molecule has 2 aliphatic rings. The number of allylic oxidation sites excluding steroid dienone is 1. The van der Waals surface area contributed by atoms with E-state index >= 15 is 0 Å². The van der Waals surface area contributed by atoms with Crippen molar-refractivity contribution < 1.29 is 19.0 Å². The van der Waals surface area contributed by atoms with Crippen LogP contribution in [0.5, 0.6) is 17.2 Å². The Bertz CT molecular complexity index is 1550. The Morgan fingerprint density at radius 2 is 1.48 bits per heavy atom. The minimum atomic E-state index is -0.340. The number of methoxy groups -OCH3 is 2. The highest BCUT2D eigenvalue weighted by Crippen LogP contribution is 2.45. The Labute approximate surface area is 234 Å². The summed E-state index contributed by atoms with van der Waals surface area (Å²) in [6.07, 6.45) is 1.17. The molecule has 4 aromatic rings. The van der Waals surface area contributed by atoms with Gasteiger partial charge in [0.05, 0.1) is 31.6 Å². The summed E-state index contributed by atoms with van der Waals surface area (Å²) in [6.45, 7) is 0.441. The van der Waals surface area contributed by atoms with E-state index in [0.717, 1.165) is 51.5 Å². The first-order valence-corrected chi connectivity index (χ1v) is 13.5. The van der Waals surface area contributed by atoms with E-state index in [2.05, 4.69) is 22.8 Å². The van der Waals surface area contributed by atoms with Crippen LogP contribution in [-0.4, -0.2) is 20.0 Å². The van der Waals surface area contributed by atoms with Crippen molar-refractivity contribution in [2.45, 2.75) is 31.4 Å². The number of ketones is 1. The quantitative estimate of drug-likeness (QED) is 0.261. The van der Waals surface area contributed by atoms with Gasteiger partial charge in [-0.15, -0.1) is 0 Å². The molecule has 202 valence electrons. The Balaban J connectivity index is 1.35. The molecule has 0 saturated heterocycles. The van der Waals surface area contributed by atoms with Crippen molar-refractivity contribution in [3.63, 3.8) is 0 Å². The number of rotatable bonds is 7. The van der Waals surface area contributed by atoms with Gasteiger partial charge in [0.15, 0.2) is 17.3 Å². The van der Waals surface area contributed by atoms with E-state index in [1.807, 2.05) is 84.9 Å². The van der Waals surface area contributed by atoms with Crippen molar-refractivity contribution in [3.05, 3.63) is 125 Å². The van der Waals surface area contributed by atoms with E-state index in [0.29, 0.717) is 24.5 Å². The average Bonchev–Trinajstić information content (AvgIpc) is 3.17. The lowest BCUT2D eigenvalue weighted by Gasteiger charge is -2.30. The largest absolute Gasteiger partial charge is 0.497 e. The number of hydrogen-bond acceptors (Lipinski definition) is 6. The number of benzene rings is 4. The van der Waals surface area contributed by atoms with Gasteiger partial charge in [-0.05, 0) is 65.4 Å². The Morgan fingerprint density at radius 1 is 0.750 bits per heavy atom. The summed E-state index contributed by atoms with van der Waals surface area (Å²) in [6, 6.07) is 31.7. The van der Waals surface area contributed by atoms with Gasteiger partial charge in [-0.25, -0.2) is 0 Å². The van der Waals surface area contributed by atoms with Crippen LogP contribution in [0, 0.1) is 0 Å². The van der Waals surface area contributed by atoms with Gasteiger partial charge in [0, 0.05) is 17.7 Å². The number of hydrogen-bond donors (Lipinski definition) is 2. The Morgan fingerprint density at radius 3 is 2.23 bits per heavy atom. The monoisotopic (exact) mass is 532 g/mol. The number of anilines is 2. The number of nitrogens with one attached hydrogen (secondary N) is 2. The number of Topliss-reactive ketones (excluding diaryl/α,β-unsaturated/α-hetero) is 1. The molecule has 0 bridgehead atoms. The topological polar surface area (TPSA) is 68.8 Å². The maximum Gasteiger partial charge on any atom is 0.163 e. The molecular formula is C34H32N2O4. The van der Waals surface area contributed by atoms with Crippen LogP contribution in [0.3, 0.4) is 0 Å². The first kappa shape index (κ1) is 25.6. The zero-order valence-corrected chi connectivity index (χ0v) is 22.6. The Hall–Kier alpha value is -4.71. The van der Waals surface area contributed by atoms with Crippen LogP contribution < -0.4 is 24.8 Å². The van der Waals surface area contributed by atoms with Gasteiger partial charge in [-0.3, -0.25) is 4.79 Å². The second kappa shape index (κ2) is 11.2. The lowest BCUT2D eigenvalue weighted by molar-refractivity contribution is -0.116. The summed E-state index contributed by atoms with van der Waals surface area (Å²) in [7, 11) is 3.30. The second-order valence-corrected chi connectivity index (χ2v) is 10.1. The second-order valence-electron chi connectivity index (χ2n) is 10.1. The minimum Gasteiger partial charge on any atom is -0.497 e. The van der Waals surface area contributed by atoms with E-state index in [1.54, 1.807) is 14.2 Å². The summed E-state index contributed by atoms with van der Waals surface area (Å²) in [4.78, 5) is 13.9.